The molecule has 2 aromatic carbocycles. The first-order valence-corrected chi connectivity index (χ1v) is 21.1. The summed E-state index contributed by atoms with van der Waals surface area (Å²) < 4.78 is 0. The number of hydrogen-bond donors (Lipinski definition) is 3. The lowest BCUT2D eigenvalue weighted by Crippen LogP contribution is -2.46. The molecule has 2 fully saturated rings. The molecule has 2 aliphatic heterocycles. The van der Waals surface area contributed by atoms with Crippen molar-refractivity contribution in [2.24, 2.45) is 0 Å². The number of aromatic nitrogens is 2. The van der Waals surface area contributed by atoms with Crippen LogP contribution in [0.3, 0.4) is 0 Å². The fraction of sp³-hybridized carbons (Fsp3) is 0.474. The second-order valence-electron chi connectivity index (χ2n) is 12.5. The van der Waals surface area contributed by atoms with E-state index >= 15 is 0 Å². The van der Waals surface area contributed by atoms with Gasteiger partial charge in [-0.1, -0.05) is 102 Å². The number of piperidine rings is 2. The molecule has 2 atom stereocenters. The van der Waals surface area contributed by atoms with Gasteiger partial charge in [0, 0.05) is 45.0 Å². The standard InChI is InChI=1S/C19H24ClN3OS.C14H14BrClN2OS.C5H11N/c1-2-17(23-10-6-3-7-11-23)18(24)22-19-21-13-15(25-19)12-14-8-4-5-9-16(14)20;1-2-11(15)13(19)18-14-17-8-10(20-14)7-9-5-3-4-6-12(9)16;1-2-4-6-5-3-1/h4-5,8-9,13,17H,2-3,6-7,10-12H2,1H3,(H,21,22,24);3-6,8,11H,2,7H2,1H3,(H,17,18,19);6H,1-5H2. The smallest absolute Gasteiger partial charge is 0.243 e. The lowest BCUT2D eigenvalue weighted by Gasteiger charge is -2.32. The van der Waals surface area contributed by atoms with Gasteiger partial charge in [0.15, 0.2) is 10.3 Å². The van der Waals surface area contributed by atoms with E-state index in [4.69, 9.17) is 23.2 Å². The van der Waals surface area contributed by atoms with Crippen molar-refractivity contribution in [2.75, 3.05) is 36.8 Å². The fourth-order valence-electron chi connectivity index (χ4n) is 5.75. The third kappa shape index (κ3) is 14.2. The average molecular weight is 837 g/mol. The van der Waals surface area contributed by atoms with Crippen LogP contribution >= 0.6 is 61.8 Å². The van der Waals surface area contributed by atoms with Gasteiger partial charge in [-0.15, -0.1) is 22.7 Å². The Morgan fingerprint density at radius 3 is 1.69 bits per heavy atom. The number of halogens is 3. The molecule has 0 bridgehead atoms. The normalized spacial score (nSPS) is 15.7. The summed E-state index contributed by atoms with van der Waals surface area (Å²) >= 11 is 18.7. The van der Waals surface area contributed by atoms with Gasteiger partial charge in [-0.3, -0.25) is 14.5 Å². The molecule has 276 valence electrons. The van der Waals surface area contributed by atoms with Crippen molar-refractivity contribution < 1.29 is 9.59 Å². The maximum atomic E-state index is 12.7. The zero-order valence-corrected chi connectivity index (χ0v) is 34.2. The highest BCUT2D eigenvalue weighted by Gasteiger charge is 2.26. The lowest BCUT2D eigenvalue weighted by molar-refractivity contribution is -0.121. The van der Waals surface area contributed by atoms with E-state index in [0.29, 0.717) is 10.3 Å². The summed E-state index contributed by atoms with van der Waals surface area (Å²) in [4.78, 5) is 37.3. The summed E-state index contributed by atoms with van der Waals surface area (Å²) in [6.07, 6.45) is 14.5. The van der Waals surface area contributed by atoms with Gasteiger partial charge >= 0.3 is 0 Å². The molecular weight excluding hydrogens is 787 g/mol. The predicted octanol–water partition coefficient (Wildman–Crippen LogP) is 9.85. The SMILES string of the molecule is C1CCNCC1.CCC(Br)C(=O)Nc1ncc(Cc2ccccc2Cl)s1.CCC(C(=O)Nc1ncc(Cc2ccccc2Cl)s1)N1CCCCC1. The molecule has 4 heterocycles. The molecule has 2 unspecified atom stereocenters. The van der Waals surface area contributed by atoms with Crippen LogP contribution in [-0.2, 0) is 22.4 Å². The third-order valence-corrected chi connectivity index (χ3v) is 12.2. The van der Waals surface area contributed by atoms with E-state index < -0.39 is 0 Å². The molecule has 2 aromatic heterocycles. The molecular formula is C38H49BrCl2N6O2S2. The number of anilines is 2. The maximum absolute atomic E-state index is 12.7. The highest BCUT2D eigenvalue weighted by molar-refractivity contribution is 9.10. The van der Waals surface area contributed by atoms with Crippen LogP contribution in [0.15, 0.2) is 60.9 Å². The summed E-state index contributed by atoms with van der Waals surface area (Å²) in [5.74, 6) is -0.00538. The van der Waals surface area contributed by atoms with Crippen molar-refractivity contribution in [2.45, 2.75) is 88.9 Å². The number of carbonyl (C=O) groups is 2. The molecule has 0 radical (unpaired) electrons. The number of rotatable bonds is 11. The van der Waals surface area contributed by atoms with E-state index in [1.165, 1.54) is 74.3 Å². The van der Waals surface area contributed by atoms with Gasteiger partial charge in [-0.2, -0.15) is 0 Å². The summed E-state index contributed by atoms with van der Waals surface area (Å²) in [7, 11) is 0. The topological polar surface area (TPSA) is 99.2 Å². The number of carbonyl (C=O) groups excluding carboxylic acids is 2. The number of alkyl halides is 1. The number of nitrogens with one attached hydrogen (secondary N) is 3. The molecule has 51 heavy (non-hydrogen) atoms. The highest BCUT2D eigenvalue weighted by atomic mass is 79.9. The molecule has 8 nitrogen and oxygen atoms in total. The van der Waals surface area contributed by atoms with Crippen molar-refractivity contribution in [3.63, 3.8) is 0 Å². The Labute approximate surface area is 329 Å². The van der Waals surface area contributed by atoms with Gasteiger partial charge in [0.25, 0.3) is 0 Å². The first-order chi connectivity index (χ1) is 24.8. The molecule has 0 saturated carbocycles. The highest BCUT2D eigenvalue weighted by Crippen LogP contribution is 2.27. The van der Waals surface area contributed by atoms with E-state index in [0.717, 1.165) is 69.7 Å². The third-order valence-electron chi connectivity index (χ3n) is 8.58. The quantitative estimate of drug-likeness (QED) is 0.130. The molecule has 2 saturated heterocycles. The summed E-state index contributed by atoms with van der Waals surface area (Å²) in [5.41, 5.74) is 2.13. The number of likely N-dealkylation sites (tertiary alicyclic amines) is 1. The fourth-order valence-corrected chi connectivity index (χ4v) is 7.95. The van der Waals surface area contributed by atoms with Gasteiger partial charge in [-0.25, -0.2) is 9.97 Å². The summed E-state index contributed by atoms with van der Waals surface area (Å²) in [6.45, 7) is 8.55. The minimum absolute atomic E-state index is 0.0584. The van der Waals surface area contributed by atoms with Gasteiger partial charge in [0.05, 0.1) is 10.9 Å². The van der Waals surface area contributed by atoms with Crippen LogP contribution < -0.4 is 16.0 Å². The first kappa shape index (κ1) is 41.4. The van der Waals surface area contributed by atoms with E-state index in [9.17, 15) is 9.59 Å². The summed E-state index contributed by atoms with van der Waals surface area (Å²) in [6, 6.07) is 15.5. The van der Waals surface area contributed by atoms with Crippen LogP contribution in [0.4, 0.5) is 10.3 Å². The number of benzene rings is 2. The van der Waals surface area contributed by atoms with Crippen molar-refractivity contribution in [1.29, 1.82) is 0 Å². The van der Waals surface area contributed by atoms with E-state index in [-0.39, 0.29) is 22.7 Å². The van der Waals surface area contributed by atoms with Crippen LogP contribution in [0.5, 0.6) is 0 Å². The van der Waals surface area contributed by atoms with Crippen molar-refractivity contribution >= 4 is 83.9 Å². The summed E-state index contributed by atoms with van der Waals surface area (Å²) in [5, 5.41) is 11.9. The minimum Gasteiger partial charge on any atom is -0.317 e. The van der Waals surface area contributed by atoms with Crippen LogP contribution in [0.2, 0.25) is 10.0 Å². The van der Waals surface area contributed by atoms with Crippen LogP contribution in [0.1, 0.15) is 86.1 Å². The van der Waals surface area contributed by atoms with Crippen LogP contribution in [0, 0.1) is 0 Å². The number of thiazole rings is 2. The molecule has 6 rings (SSSR count). The Morgan fingerprint density at radius 1 is 0.765 bits per heavy atom. The van der Waals surface area contributed by atoms with Gasteiger partial charge in [0.1, 0.15) is 0 Å². The van der Waals surface area contributed by atoms with E-state index in [2.05, 4.69) is 53.7 Å². The molecule has 2 aliphatic rings. The van der Waals surface area contributed by atoms with Crippen LogP contribution in [-0.4, -0.2) is 63.7 Å². The van der Waals surface area contributed by atoms with E-state index in [1.54, 1.807) is 6.20 Å². The van der Waals surface area contributed by atoms with Gasteiger partial charge in [-0.05, 0) is 88.0 Å². The van der Waals surface area contributed by atoms with Gasteiger partial charge in [0.2, 0.25) is 11.8 Å². The molecule has 13 heteroatoms. The maximum Gasteiger partial charge on any atom is 0.243 e. The number of amides is 2. The minimum atomic E-state index is -0.182. The molecule has 0 spiro atoms. The zero-order chi connectivity index (χ0) is 36.4. The van der Waals surface area contributed by atoms with Crippen LogP contribution in [0.25, 0.3) is 0 Å². The van der Waals surface area contributed by atoms with Crippen molar-refractivity contribution in [3.05, 3.63) is 91.9 Å². The Morgan fingerprint density at radius 2 is 1.25 bits per heavy atom. The molecule has 4 aromatic rings. The number of nitrogens with zero attached hydrogens (tertiary/aromatic N) is 3. The second kappa shape index (κ2) is 22.6. The van der Waals surface area contributed by atoms with E-state index in [1.807, 2.05) is 61.7 Å². The molecule has 2 amide bonds. The van der Waals surface area contributed by atoms with Gasteiger partial charge < -0.3 is 16.0 Å². The second-order valence-corrected chi connectivity index (χ2v) is 16.6. The number of hydrogen-bond acceptors (Lipinski definition) is 8. The predicted molar refractivity (Wildman–Crippen MR) is 219 cm³/mol. The monoisotopic (exact) mass is 834 g/mol. The Hall–Kier alpha value is -2.38. The first-order valence-electron chi connectivity index (χ1n) is 17.8. The molecule has 3 N–H and O–H groups in total. The van der Waals surface area contributed by atoms with Crippen molar-refractivity contribution in [3.8, 4) is 0 Å². The van der Waals surface area contributed by atoms with Crippen molar-refractivity contribution in [1.82, 2.24) is 20.2 Å². The largest absolute Gasteiger partial charge is 0.317 e. The Kier molecular flexibility index (Phi) is 18.4. The Balaban J connectivity index is 0.000000200. The lowest BCUT2D eigenvalue weighted by atomic mass is 10.1. The average Bonchev–Trinajstić information content (AvgIpc) is 3.80. The zero-order valence-electron chi connectivity index (χ0n) is 29.4. The molecule has 0 aliphatic carbocycles. The Bertz CT molecular complexity index is 1630.